The first-order valence-corrected chi connectivity index (χ1v) is 8.34. The van der Waals surface area contributed by atoms with Gasteiger partial charge in [0.05, 0.1) is 0 Å². The van der Waals surface area contributed by atoms with Crippen molar-refractivity contribution in [2.75, 3.05) is 13.1 Å². The Bertz CT molecular complexity index is 662. The molecule has 1 atom stereocenters. The summed E-state index contributed by atoms with van der Waals surface area (Å²) in [5.41, 5.74) is 0.0460. The minimum atomic E-state index is -1.09. The van der Waals surface area contributed by atoms with Gasteiger partial charge in [-0.05, 0) is 43.4 Å². The number of amides is 1. The third-order valence-corrected chi connectivity index (χ3v) is 4.45. The van der Waals surface area contributed by atoms with Crippen LogP contribution in [0.15, 0.2) is 18.2 Å². The van der Waals surface area contributed by atoms with E-state index in [-0.39, 0.29) is 36.7 Å². The summed E-state index contributed by atoms with van der Waals surface area (Å²) >= 11 is 0. The number of carbonyl (C=O) groups is 3. The van der Waals surface area contributed by atoms with Crippen molar-refractivity contribution in [1.82, 2.24) is 4.90 Å². The standard InChI is InChI=1S/C18H21F2NO4/c19-14-5-4-13(10-15(14)20)16(22)6-7-17(23)21-9-1-2-12(11-21)3-8-18(24)25/h4-5,10,12H,1-3,6-9,11H2,(H,24,25). The van der Waals surface area contributed by atoms with Crippen molar-refractivity contribution < 1.29 is 28.3 Å². The molecule has 0 aromatic heterocycles. The predicted octanol–water partition coefficient (Wildman–Crippen LogP) is 3.03. The maximum Gasteiger partial charge on any atom is 0.303 e. The Morgan fingerprint density at radius 1 is 1.12 bits per heavy atom. The van der Waals surface area contributed by atoms with Gasteiger partial charge in [-0.25, -0.2) is 8.78 Å². The number of carboxylic acids is 1. The topological polar surface area (TPSA) is 74.7 Å². The molecule has 1 saturated heterocycles. The molecule has 1 aromatic carbocycles. The molecule has 2 rings (SSSR count). The van der Waals surface area contributed by atoms with Crippen LogP contribution >= 0.6 is 0 Å². The van der Waals surface area contributed by atoms with Gasteiger partial charge in [-0.3, -0.25) is 14.4 Å². The average Bonchev–Trinajstić information content (AvgIpc) is 2.60. The highest BCUT2D eigenvalue weighted by atomic mass is 19.2. The molecule has 0 aliphatic carbocycles. The summed E-state index contributed by atoms with van der Waals surface area (Å²) in [5.74, 6) is -3.37. The summed E-state index contributed by atoms with van der Waals surface area (Å²) < 4.78 is 26.0. The first-order valence-electron chi connectivity index (χ1n) is 8.34. The second-order valence-electron chi connectivity index (χ2n) is 6.33. The highest BCUT2D eigenvalue weighted by Gasteiger charge is 2.24. The number of carbonyl (C=O) groups excluding carboxylic acids is 2. The summed E-state index contributed by atoms with van der Waals surface area (Å²) in [7, 11) is 0. The summed E-state index contributed by atoms with van der Waals surface area (Å²) in [6.45, 7) is 1.10. The minimum Gasteiger partial charge on any atom is -0.481 e. The van der Waals surface area contributed by atoms with Crippen LogP contribution in [0.2, 0.25) is 0 Å². The van der Waals surface area contributed by atoms with Gasteiger partial charge in [-0.2, -0.15) is 0 Å². The van der Waals surface area contributed by atoms with Crippen LogP contribution in [-0.4, -0.2) is 40.8 Å². The van der Waals surface area contributed by atoms with E-state index in [1.165, 1.54) is 6.07 Å². The first kappa shape index (κ1) is 19.0. The lowest BCUT2D eigenvalue weighted by molar-refractivity contribution is -0.137. The van der Waals surface area contributed by atoms with E-state index in [1.807, 2.05) is 0 Å². The van der Waals surface area contributed by atoms with Gasteiger partial charge in [-0.15, -0.1) is 0 Å². The lowest BCUT2D eigenvalue weighted by Gasteiger charge is -2.32. The van der Waals surface area contributed by atoms with Crippen LogP contribution < -0.4 is 0 Å². The van der Waals surface area contributed by atoms with Crippen molar-refractivity contribution in [1.29, 1.82) is 0 Å². The zero-order chi connectivity index (χ0) is 18.4. The number of aliphatic carboxylic acids is 1. The number of nitrogens with zero attached hydrogens (tertiary/aromatic N) is 1. The molecule has 1 heterocycles. The minimum absolute atomic E-state index is 0.00345. The SMILES string of the molecule is O=C(O)CCC1CCCN(C(=O)CCC(=O)c2ccc(F)c(F)c2)C1. The predicted molar refractivity (Wildman–Crippen MR) is 86.1 cm³/mol. The van der Waals surface area contributed by atoms with E-state index < -0.39 is 23.4 Å². The molecule has 1 amide bonds. The van der Waals surface area contributed by atoms with Gasteiger partial charge in [-0.1, -0.05) is 0 Å². The van der Waals surface area contributed by atoms with Crippen molar-refractivity contribution in [2.24, 2.45) is 5.92 Å². The van der Waals surface area contributed by atoms with Crippen molar-refractivity contribution >= 4 is 17.7 Å². The van der Waals surface area contributed by atoms with E-state index in [1.54, 1.807) is 4.90 Å². The molecular weight excluding hydrogens is 332 g/mol. The molecule has 1 aliphatic rings. The van der Waals surface area contributed by atoms with Gasteiger partial charge in [0.25, 0.3) is 0 Å². The van der Waals surface area contributed by atoms with Gasteiger partial charge in [0, 0.05) is 37.9 Å². The average molecular weight is 353 g/mol. The monoisotopic (exact) mass is 353 g/mol. The molecule has 0 radical (unpaired) electrons. The molecule has 5 nitrogen and oxygen atoms in total. The van der Waals surface area contributed by atoms with Crippen LogP contribution in [0.3, 0.4) is 0 Å². The molecule has 1 fully saturated rings. The van der Waals surface area contributed by atoms with E-state index in [4.69, 9.17) is 5.11 Å². The van der Waals surface area contributed by atoms with Gasteiger partial charge >= 0.3 is 5.97 Å². The summed E-state index contributed by atoms with van der Waals surface area (Å²) in [6, 6.07) is 2.93. The van der Waals surface area contributed by atoms with Crippen molar-refractivity contribution in [3.05, 3.63) is 35.4 Å². The van der Waals surface area contributed by atoms with Gasteiger partial charge < -0.3 is 10.0 Å². The van der Waals surface area contributed by atoms with E-state index in [2.05, 4.69) is 0 Å². The van der Waals surface area contributed by atoms with Gasteiger partial charge in [0.15, 0.2) is 17.4 Å². The molecule has 1 unspecified atom stereocenters. The zero-order valence-corrected chi connectivity index (χ0v) is 13.8. The lowest BCUT2D eigenvalue weighted by Crippen LogP contribution is -2.40. The fourth-order valence-corrected chi connectivity index (χ4v) is 3.05. The number of benzene rings is 1. The Morgan fingerprint density at radius 2 is 1.88 bits per heavy atom. The Labute approximate surface area is 144 Å². The van der Waals surface area contributed by atoms with Crippen LogP contribution in [0, 0.1) is 17.6 Å². The fraction of sp³-hybridized carbons (Fsp3) is 0.500. The molecule has 1 N–H and O–H groups in total. The van der Waals surface area contributed by atoms with Crippen molar-refractivity contribution in [2.45, 2.75) is 38.5 Å². The Kier molecular flexibility index (Phi) is 6.61. The van der Waals surface area contributed by atoms with E-state index in [9.17, 15) is 23.2 Å². The molecular formula is C18H21F2NO4. The molecule has 25 heavy (non-hydrogen) atoms. The number of ketones is 1. The number of carboxylic acid groups (broad SMARTS) is 1. The van der Waals surface area contributed by atoms with E-state index >= 15 is 0 Å². The maximum absolute atomic E-state index is 13.2. The van der Waals surface area contributed by atoms with Crippen LogP contribution in [-0.2, 0) is 9.59 Å². The molecule has 136 valence electrons. The molecule has 1 aromatic rings. The number of halogens is 2. The number of likely N-dealkylation sites (tertiary alicyclic amines) is 1. The quantitative estimate of drug-likeness (QED) is 0.765. The second kappa shape index (κ2) is 8.69. The Hall–Kier alpha value is -2.31. The summed E-state index contributed by atoms with van der Waals surface area (Å²) in [4.78, 5) is 36.6. The van der Waals surface area contributed by atoms with E-state index in [0.29, 0.717) is 19.5 Å². The normalized spacial score (nSPS) is 17.4. The highest BCUT2D eigenvalue weighted by molar-refractivity contribution is 5.97. The number of piperidine rings is 1. The zero-order valence-electron chi connectivity index (χ0n) is 13.8. The summed E-state index contributed by atoms with van der Waals surface area (Å²) in [5, 5.41) is 8.74. The molecule has 0 bridgehead atoms. The molecule has 1 aliphatic heterocycles. The largest absolute Gasteiger partial charge is 0.481 e. The van der Waals surface area contributed by atoms with Crippen LogP contribution in [0.4, 0.5) is 8.78 Å². The molecule has 7 heteroatoms. The van der Waals surface area contributed by atoms with Crippen LogP contribution in [0.5, 0.6) is 0 Å². The number of hydrogen-bond acceptors (Lipinski definition) is 3. The molecule has 0 spiro atoms. The highest BCUT2D eigenvalue weighted by Crippen LogP contribution is 2.22. The van der Waals surface area contributed by atoms with Crippen molar-refractivity contribution in [3.63, 3.8) is 0 Å². The molecule has 0 saturated carbocycles. The first-order chi connectivity index (χ1) is 11.9. The number of Topliss-reactive ketones (excluding diaryl/α,β-unsaturated/α-hetero) is 1. The third-order valence-electron chi connectivity index (χ3n) is 4.45. The Morgan fingerprint density at radius 3 is 2.56 bits per heavy atom. The smallest absolute Gasteiger partial charge is 0.303 e. The maximum atomic E-state index is 13.2. The number of rotatable bonds is 7. The van der Waals surface area contributed by atoms with E-state index in [0.717, 1.165) is 25.0 Å². The second-order valence-corrected chi connectivity index (χ2v) is 6.33. The lowest BCUT2D eigenvalue weighted by atomic mass is 9.93. The van der Waals surface area contributed by atoms with Gasteiger partial charge in [0.1, 0.15) is 0 Å². The van der Waals surface area contributed by atoms with Crippen LogP contribution in [0.1, 0.15) is 48.9 Å². The van der Waals surface area contributed by atoms with Crippen LogP contribution in [0.25, 0.3) is 0 Å². The van der Waals surface area contributed by atoms with Crippen molar-refractivity contribution in [3.8, 4) is 0 Å². The third kappa shape index (κ3) is 5.62. The summed E-state index contributed by atoms with van der Waals surface area (Å²) in [6.07, 6.45) is 2.26. The fourth-order valence-electron chi connectivity index (χ4n) is 3.05. The Balaban J connectivity index is 1.83. The number of hydrogen-bond donors (Lipinski definition) is 1. The van der Waals surface area contributed by atoms with Gasteiger partial charge in [0.2, 0.25) is 5.91 Å².